The normalized spacial score (nSPS) is 16.2. The smallest absolute Gasteiger partial charge is 0.294 e. The van der Waals surface area contributed by atoms with E-state index in [1.54, 1.807) is 23.1 Å². The number of thioether (sulfide) groups is 1. The van der Waals surface area contributed by atoms with Crippen LogP contribution in [0.3, 0.4) is 0 Å². The van der Waals surface area contributed by atoms with E-state index in [4.69, 9.17) is 39.5 Å². The molecule has 3 aromatic carbocycles. The molecule has 38 heavy (non-hydrogen) atoms. The van der Waals surface area contributed by atoms with Gasteiger partial charge in [0.25, 0.3) is 11.1 Å². The minimum Gasteiger partial charge on any atom is -0.486 e. The van der Waals surface area contributed by atoms with Crippen molar-refractivity contribution in [3.8, 4) is 5.75 Å². The van der Waals surface area contributed by atoms with E-state index in [9.17, 15) is 14.4 Å². The monoisotopic (exact) mass is 586 g/mol. The minimum absolute atomic E-state index is 0.175. The molecule has 194 valence electrons. The zero-order chi connectivity index (χ0) is 26.8. The van der Waals surface area contributed by atoms with Gasteiger partial charge in [-0.05, 0) is 59.1 Å². The zero-order valence-corrected chi connectivity index (χ0v) is 23.0. The van der Waals surface area contributed by atoms with Gasteiger partial charge in [0.1, 0.15) is 13.2 Å². The second-order valence-electron chi connectivity index (χ2n) is 8.80. The van der Waals surface area contributed by atoms with Crippen LogP contribution in [0.25, 0.3) is 6.08 Å². The van der Waals surface area contributed by atoms with Gasteiger partial charge in [0, 0.05) is 23.7 Å². The van der Waals surface area contributed by atoms with E-state index in [-0.39, 0.29) is 39.8 Å². The summed E-state index contributed by atoms with van der Waals surface area (Å²) in [6.45, 7) is 0.876. The molecule has 0 bridgehead atoms. The van der Waals surface area contributed by atoms with Crippen LogP contribution in [0.4, 0.5) is 4.79 Å². The summed E-state index contributed by atoms with van der Waals surface area (Å²) in [5.74, 6) is -0.515. The van der Waals surface area contributed by atoms with E-state index < -0.39 is 11.1 Å². The molecule has 2 aliphatic heterocycles. The third kappa shape index (κ3) is 5.71. The number of hydrogen-bond acceptors (Lipinski definition) is 5. The highest BCUT2D eigenvalue weighted by Gasteiger charge is 2.37. The van der Waals surface area contributed by atoms with Crippen LogP contribution in [-0.2, 0) is 29.2 Å². The summed E-state index contributed by atoms with van der Waals surface area (Å²) in [7, 11) is 0. The summed E-state index contributed by atoms with van der Waals surface area (Å²) >= 11 is 19.8. The Labute approximate surface area is 239 Å². The quantitative estimate of drug-likeness (QED) is 0.295. The fourth-order valence-electron chi connectivity index (χ4n) is 4.30. The zero-order valence-electron chi connectivity index (χ0n) is 20.0. The third-order valence-corrected chi connectivity index (χ3v) is 8.14. The summed E-state index contributed by atoms with van der Waals surface area (Å²) in [6, 6.07) is 18.4. The Balaban J connectivity index is 1.26. The van der Waals surface area contributed by atoms with Gasteiger partial charge in [-0.2, -0.15) is 0 Å². The van der Waals surface area contributed by atoms with Crippen molar-refractivity contribution in [2.45, 2.75) is 19.6 Å². The Kier molecular flexibility index (Phi) is 8.00. The van der Waals surface area contributed by atoms with E-state index in [1.807, 2.05) is 36.4 Å². The fraction of sp³-hybridized carbons (Fsp3) is 0.179. The van der Waals surface area contributed by atoms with E-state index in [1.165, 1.54) is 11.6 Å². The molecule has 1 fully saturated rings. The van der Waals surface area contributed by atoms with E-state index in [2.05, 4.69) is 6.07 Å². The number of ether oxygens (including phenoxy) is 1. The van der Waals surface area contributed by atoms with Crippen molar-refractivity contribution in [1.82, 2.24) is 9.80 Å². The second-order valence-corrected chi connectivity index (χ2v) is 11.0. The minimum atomic E-state index is -0.531. The predicted octanol–water partition coefficient (Wildman–Crippen LogP) is 6.85. The second kappa shape index (κ2) is 11.4. The SMILES string of the molecule is O=C(CN1C(=O)S/C(=C\c2cc(Cl)c(OCc3ccccc3Cl)c(Cl)c2)C1=O)N1CCc2ccccc2C1. The molecule has 1 saturated heterocycles. The van der Waals surface area contributed by atoms with Crippen LogP contribution in [0.1, 0.15) is 22.3 Å². The highest BCUT2D eigenvalue weighted by molar-refractivity contribution is 8.18. The van der Waals surface area contributed by atoms with Gasteiger partial charge in [-0.3, -0.25) is 19.3 Å². The van der Waals surface area contributed by atoms with Gasteiger partial charge < -0.3 is 9.64 Å². The fourth-order valence-corrected chi connectivity index (χ4v) is 5.94. The summed E-state index contributed by atoms with van der Waals surface area (Å²) < 4.78 is 5.79. The van der Waals surface area contributed by atoms with E-state index in [0.29, 0.717) is 23.7 Å². The maximum absolute atomic E-state index is 13.0. The van der Waals surface area contributed by atoms with Crippen LogP contribution in [0.2, 0.25) is 15.1 Å². The summed E-state index contributed by atoms with van der Waals surface area (Å²) in [6.07, 6.45) is 2.27. The van der Waals surface area contributed by atoms with Gasteiger partial charge >= 0.3 is 0 Å². The lowest BCUT2D eigenvalue weighted by molar-refractivity contribution is -0.136. The molecule has 0 spiro atoms. The first-order chi connectivity index (χ1) is 18.3. The van der Waals surface area contributed by atoms with Crippen molar-refractivity contribution < 1.29 is 19.1 Å². The Bertz CT molecular complexity index is 1450. The highest BCUT2D eigenvalue weighted by Crippen LogP contribution is 2.38. The van der Waals surface area contributed by atoms with Crippen molar-refractivity contribution in [3.63, 3.8) is 0 Å². The first-order valence-corrected chi connectivity index (χ1v) is 13.7. The number of carbonyl (C=O) groups is 3. The van der Waals surface area contributed by atoms with Crippen molar-refractivity contribution >= 4 is 69.7 Å². The lowest BCUT2D eigenvalue weighted by Crippen LogP contribution is -2.44. The predicted molar refractivity (Wildman–Crippen MR) is 150 cm³/mol. The number of nitrogens with zero attached hydrogens (tertiary/aromatic N) is 2. The molecule has 0 saturated carbocycles. The van der Waals surface area contributed by atoms with Crippen molar-refractivity contribution in [3.05, 3.63) is 103 Å². The number of benzene rings is 3. The van der Waals surface area contributed by atoms with Crippen LogP contribution in [0.15, 0.2) is 65.6 Å². The Morgan fingerprint density at radius 2 is 1.63 bits per heavy atom. The van der Waals surface area contributed by atoms with Gasteiger partial charge in [0.05, 0.1) is 15.0 Å². The van der Waals surface area contributed by atoms with Crippen LogP contribution in [0.5, 0.6) is 5.75 Å². The lowest BCUT2D eigenvalue weighted by atomic mass is 10.00. The van der Waals surface area contributed by atoms with Crippen LogP contribution in [-0.4, -0.2) is 39.9 Å². The molecule has 0 radical (unpaired) electrons. The molecule has 0 atom stereocenters. The van der Waals surface area contributed by atoms with Gasteiger partial charge in [-0.1, -0.05) is 77.3 Å². The van der Waals surface area contributed by atoms with Gasteiger partial charge in [0.2, 0.25) is 5.91 Å². The first kappa shape index (κ1) is 26.6. The highest BCUT2D eigenvalue weighted by atomic mass is 35.5. The average Bonchev–Trinajstić information content (AvgIpc) is 3.16. The molecule has 2 aliphatic rings. The number of amides is 3. The Morgan fingerprint density at radius 3 is 2.37 bits per heavy atom. The molecule has 3 aromatic rings. The van der Waals surface area contributed by atoms with Gasteiger partial charge in [0.15, 0.2) is 5.75 Å². The summed E-state index contributed by atoms with van der Waals surface area (Å²) in [5, 5.41) is 0.561. The van der Waals surface area contributed by atoms with Crippen molar-refractivity contribution in [1.29, 1.82) is 0 Å². The largest absolute Gasteiger partial charge is 0.486 e. The molecule has 2 heterocycles. The summed E-state index contributed by atoms with van der Waals surface area (Å²) in [5.41, 5.74) is 3.59. The number of fused-ring (bicyclic) bond motifs is 1. The average molecular weight is 588 g/mol. The first-order valence-electron chi connectivity index (χ1n) is 11.8. The molecule has 0 unspecified atom stereocenters. The van der Waals surface area contributed by atoms with Crippen molar-refractivity contribution in [2.24, 2.45) is 0 Å². The van der Waals surface area contributed by atoms with Gasteiger partial charge in [-0.25, -0.2) is 0 Å². The molecule has 3 amide bonds. The summed E-state index contributed by atoms with van der Waals surface area (Å²) in [4.78, 5) is 41.4. The van der Waals surface area contributed by atoms with Gasteiger partial charge in [-0.15, -0.1) is 0 Å². The number of hydrogen-bond donors (Lipinski definition) is 0. The molecule has 5 rings (SSSR count). The number of carbonyl (C=O) groups excluding carboxylic acids is 3. The molecule has 0 aliphatic carbocycles. The maximum Gasteiger partial charge on any atom is 0.294 e. The molecule has 0 aromatic heterocycles. The number of rotatable bonds is 6. The van der Waals surface area contributed by atoms with E-state index >= 15 is 0 Å². The van der Waals surface area contributed by atoms with Crippen LogP contribution >= 0.6 is 46.6 Å². The number of imide groups is 1. The lowest BCUT2D eigenvalue weighted by Gasteiger charge is -2.29. The molecule has 0 N–H and O–H groups in total. The molecule has 6 nitrogen and oxygen atoms in total. The number of halogens is 3. The molecule has 10 heteroatoms. The molecular weight excluding hydrogens is 567 g/mol. The third-order valence-electron chi connectivity index (χ3n) is 6.30. The maximum atomic E-state index is 13.0. The standard InChI is InChI=1S/C28H21Cl3N2O4S/c29-21-8-4-3-7-20(21)16-37-26-22(30)11-17(12-23(26)31)13-24-27(35)33(28(36)38-24)15-25(34)32-10-9-18-5-1-2-6-19(18)14-32/h1-8,11-13H,9-10,14-16H2/b24-13-. The van der Waals surface area contributed by atoms with E-state index in [0.717, 1.165) is 34.2 Å². The molecular formula is C28H21Cl3N2O4S. The van der Waals surface area contributed by atoms with Crippen LogP contribution in [0, 0.1) is 0 Å². The Morgan fingerprint density at radius 1 is 0.947 bits per heavy atom. The van der Waals surface area contributed by atoms with Crippen LogP contribution < -0.4 is 4.74 Å². The Hall–Kier alpha value is -2.97. The topological polar surface area (TPSA) is 66.9 Å². The van der Waals surface area contributed by atoms with Crippen molar-refractivity contribution in [2.75, 3.05) is 13.1 Å².